The topological polar surface area (TPSA) is 88.9 Å². The molecule has 0 fully saturated rings. The molecule has 2 aromatic carbocycles. The molecule has 144 valence electrons. The number of nitrogens with one attached hydrogen (secondary N) is 2. The Bertz CT molecular complexity index is 1010. The predicted octanol–water partition coefficient (Wildman–Crippen LogP) is 2.76. The number of benzene rings is 2. The second-order valence-corrected chi connectivity index (χ2v) is 6.46. The molecule has 0 spiro atoms. The molecule has 0 radical (unpaired) electrons. The van der Waals surface area contributed by atoms with Gasteiger partial charge in [0.05, 0.1) is 11.4 Å². The van der Waals surface area contributed by atoms with Gasteiger partial charge in [0.15, 0.2) is 11.0 Å². The van der Waals surface area contributed by atoms with Crippen molar-refractivity contribution >= 4 is 23.7 Å². The number of carbonyl (C=O) groups excluding carboxylic acids is 2. The van der Waals surface area contributed by atoms with Gasteiger partial charge in [-0.25, -0.2) is 13.6 Å². The van der Waals surface area contributed by atoms with Crippen LogP contribution in [0.2, 0.25) is 0 Å². The number of thioether (sulfide) groups is 1. The minimum atomic E-state index is -0.798. The molecule has 0 bridgehead atoms. The Balaban J connectivity index is 1.98. The Hall–Kier alpha value is -3.27. The zero-order chi connectivity index (χ0) is 20.1. The van der Waals surface area contributed by atoms with Crippen LogP contribution >= 0.6 is 11.8 Å². The van der Waals surface area contributed by atoms with Crippen molar-refractivity contribution in [1.29, 1.82) is 0 Å². The second kappa shape index (κ2) is 8.61. The molecule has 3 aromatic rings. The predicted molar refractivity (Wildman–Crippen MR) is 100 cm³/mol. The molecular weight excluding hydrogens is 388 g/mol. The van der Waals surface area contributed by atoms with Crippen LogP contribution in [0.25, 0.3) is 17.1 Å². The maximum Gasteiger partial charge on any atom is 0.321 e. The minimum absolute atomic E-state index is 0.0412. The summed E-state index contributed by atoms with van der Waals surface area (Å²) in [7, 11) is 1.38. The molecule has 0 aliphatic carbocycles. The van der Waals surface area contributed by atoms with E-state index in [9.17, 15) is 18.4 Å². The van der Waals surface area contributed by atoms with Crippen molar-refractivity contribution < 1.29 is 18.4 Å². The second-order valence-electron chi connectivity index (χ2n) is 5.52. The molecular formula is C18H15F2N5O2S. The molecule has 3 rings (SSSR count). The lowest BCUT2D eigenvalue weighted by atomic mass is 10.2. The van der Waals surface area contributed by atoms with Gasteiger partial charge >= 0.3 is 6.03 Å². The first kappa shape index (κ1) is 19.5. The summed E-state index contributed by atoms with van der Waals surface area (Å²) in [5.74, 6) is -1.88. The van der Waals surface area contributed by atoms with E-state index in [0.717, 1.165) is 23.9 Å². The van der Waals surface area contributed by atoms with E-state index < -0.39 is 23.6 Å². The summed E-state index contributed by atoms with van der Waals surface area (Å²) in [6, 6.07) is 11.5. The largest absolute Gasteiger partial charge is 0.341 e. The number of hydrogen-bond donors (Lipinski definition) is 2. The standard InChI is InChI=1S/C18H15F2N5O2S/c1-21-17(27)22-15(26)10-28-18-24-23-16(11-5-3-2-4-6-11)25(18)14-8-7-12(19)9-13(14)20/h2-9H,10H2,1H3,(H2,21,22,26,27). The average molecular weight is 403 g/mol. The fourth-order valence-corrected chi connectivity index (χ4v) is 3.12. The quantitative estimate of drug-likeness (QED) is 0.640. The number of halogens is 2. The molecule has 0 aliphatic rings. The third-order valence-electron chi connectivity index (χ3n) is 3.63. The Labute approximate surface area is 163 Å². The average Bonchev–Trinajstić information content (AvgIpc) is 3.10. The van der Waals surface area contributed by atoms with Crippen molar-refractivity contribution in [2.24, 2.45) is 0 Å². The van der Waals surface area contributed by atoms with Gasteiger partial charge in [-0.2, -0.15) is 0 Å². The van der Waals surface area contributed by atoms with Crippen molar-refractivity contribution in [2.45, 2.75) is 5.16 Å². The fraction of sp³-hybridized carbons (Fsp3) is 0.111. The lowest BCUT2D eigenvalue weighted by Crippen LogP contribution is -2.38. The summed E-state index contributed by atoms with van der Waals surface area (Å²) >= 11 is 0.968. The Morgan fingerprint density at radius 1 is 1.11 bits per heavy atom. The van der Waals surface area contributed by atoms with Crippen LogP contribution in [-0.4, -0.2) is 39.5 Å². The first-order valence-corrected chi connectivity index (χ1v) is 9.08. The normalized spacial score (nSPS) is 10.5. The molecule has 10 heteroatoms. The SMILES string of the molecule is CNC(=O)NC(=O)CSc1nnc(-c2ccccc2)n1-c1ccc(F)cc1F. The van der Waals surface area contributed by atoms with E-state index in [4.69, 9.17) is 0 Å². The number of urea groups is 1. The van der Waals surface area contributed by atoms with E-state index in [1.165, 1.54) is 17.7 Å². The van der Waals surface area contributed by atoms with Crippen molar-refractivity contribution in [2.75, 3.05) is 12.8 Å². The molecule has 3 amide bonds. The zero-order valence-electron chi connectivity index (χ0n) is 14.6. The molecule has 2 N–H and O–H groups in total. The van der Waals surface area contributed by atoms with Crippen LogP contribution in [0, 0.1) is 11.6 Å². The Kier molecular flexibility index (Phi) is 5.99. The summed E-state index contributed by atoms with van der Waals surface area (Å²) in [4.78, 5) is 23.1. The van der Waals surface area contributed by atoms with Crippen molar-refractivity contribution in [3.63, 3.8) is 0 Å². The molecule has 0 saturated carbocycles. The lowest BCUT2D eigenvalue weighted by Gasteiger charge is -2.11. The van der Waals surface area contributed by atoms with E-state index >= 15 is 0 Å². The van der Waals surface area contributed by atoms with Crippen LogP contribution in [0.3, 0.4) is 0 Å². The van der Waals surface area contributed by atoms with Crippen LogP contribution in [0.15, 0.2) is 53.7 Å². The van der Waals surface area contributed by atoms with Crippen molar-refractivity contribution in [3.8, 4) is 17.1 Å². The third-order valence-corrected chi connectivity index (χ3v) is 4.56. The van der Waals surface area contributed by atoms with E-state index in [-0.39, 0.29) is 16.6 Å². The smallest absolute Gasteiger partial charge is 0.321 e. The first-order valence-electron chi connectivity index (χ1n) is 8.10. The maximum atomic E-state index is 14.4. The van der Waals surface area contributed by atoms with Crippen LogP contribution in [-0.2, 0) is 4.79 Å². The number of aromatic nitrogens is 3. The monoisotopic (exact) mass is 403 g/mol. The van der Waals surface area contributed by atoms with Gasteiger partial charge < -0.3 is 5.32 Å². The zero-order valence-corrected chi connectivity index (χ0v) is 15.5. The molecule has 28 heavy (non-hydrogen) atoms. The Morgan fingerprint density at radius 3 is 2.54 bits per heavy atom. The van der Waals surface area contributed by atoms with Gasteiger partial charge in [-0.15, -0.1) is 10.2 Å². The molecule has 1 heterocycles. The highest BCUT2D eigenvalue weighted by atomic mass is 32.2. The van der Waals surface area contributed by atoms with Gasteiger partial charge in [0.2, 0.25) is 5.91 Å². The number of carbonyl (C=O) groups is 2. The summed E-state index contributed by atoms with van der Waals surface area (Å²) in [6.45, 7) is 0. The van der Waals surface area contributed by atoms with E-state index in [2.05, 4.69) is 20.8 Å². The highest BCUT2D eigenvalue weighted by Gasteiger charge is 2.20. The van der Waals surface area contributed by atoms with Crippen LogP contribution in [0.5, 0.6) is 0 Å². The minimum Gasteiger partial charge on any atom is -0.341 e. The molecule has 0 aliphatic heterocycles. The van der Waals surface area contributed by atoms with Crippen LogP contribution in [0.1, 0.15) is 0 Å². The first-order chi connectivity index (χ1) is 13.5. The lowest BCUT2D eigenvalue weighted by molar-refractivity contribution is -0.117. The molecule has 7 nitrogen and oxygen atoms in total. The van der Waals surface area contributed by atoms with Gasteiger partial charge in [-0.05, 0) is 12.1 Å². The summed E-state index contributed by atoms with van der Waals surface area (Å²) in [5, 5.41) is 12.8. The fourth-order valence-electron chi connectivity index (χ4n) is 2.37. The summed E-state index contributed by atoms with van der Waals surface area (Å²) in [6.07, 6.45) is 0. The number of nitrogens with zero attached hydrogens (tertiary/aromatic N) is 3. The highest BCUT2D eigenvalue weighted by Crippen LogP contribution is 2.29. The van der Waals surface area contributed by atoms with Gasteiger partial charge in [0.25, 0.3) is 0 Å². The molecule has 1 aromatic heterocycles. The van der Waals surface area contributed by atoms with Crippen molar-refractivity contribution in [3.05, 3.63) is 60.2 Å². The van der Waals surface area contributed by atoms with Gasteiger partial charge in [-0.1, -0.05) is 42.1 Å². The molecule has 0 saturated heterocycles. The number of hydrogen-bond acceptors (Lipinski definition) is 5. The number of imide groups is 1. The van der Waals surface area contributed by atoms with E-state index in [1.807, 2.05) is 6.07 Å². The number of amides is 3. The third kappa shape index (κ3) is 4.34. The van der Waals surface area contributed by atoms with Gasteiger partial charge in [-0.3, -0.25) is 14.7 Å². The van der Waals surface area contributed by atoms with Crippen LogP contribution < -0.4 is 10.6 Å². The summed E-state index contributed by atoms with van der Waals surface area (Å²) < 4.78 is 29.2. The molecule has 0 atom stereocenters. The summed E-state index contributed by atoms with van der Waals surface area (Å²) in [5.41, 5.74) is 0.708. The van der Waals surface area contributed by atoms with E-state index in [1.54, 1.807) is 24.3 Å². The highest BCUT2D eigenvalue weighted by molar-refractivity contribution is 7.99. The Morgan fingerprint density at radius 2 is 1.86 bits per heavy atom. The molecule has 0 unspecified atom stereocenters. The van der Waals surface area contributed by atoms with Crippen LogP contribution in [0.4, 0.5) is 13.6 Å². The van der Waals surface area contributed by atoms with Gasteiger partial charge in [0.1, 0.15) is 11.6 Å². The van der Waals surface area contributed by atoms with E-state index in [0.29, 0.717) is 11.4 Å². The van der Waals surface area contributed by atoms with Crippen molar-refractivity contribution in [1.82, 2.24) is 25.4 Å². The maximum absolute atomic E-state index is 14.4. The number of rotatable bonds is 5. The van der Waals surface area contributed by atoms with Gasteiger partial charge in [0, 0.05) is 18.7 Å².